The van der Waals surface area contributed by atoms with Crippen molar-refractivity contribution in [1.29, 1.82) is 0 Å². The molecule has 1 amide bonds. The van der Waals surface area contributed by atoms with E-state index >= 15 is 0 Å². The lowest BCUT2D eigenvalue weighted by atomic mass is 10.1. The van der Waals surface area contributed by atoms with Gasteiger partial charge in [0, 0.05) is 13.0 Å². The molecule has 0 spiro atoms. The summed E-state index contributed by atoms with van der Waals surface area (Å²) in [7, 11) is 0. The third-order valence-electron chi connectivity index (χ3n) is 3.42. The molecule has 0 radical (unpaired) electrons. The average molecular weight is 398 g/mol. The van der Waals surface area contributed by atoms with Gasteiger partial charge in [-0.25, -0.2) is 4.39 Å². The van der Waals surface area contributed by atoms with Crippen LogP contribution in [0.5, 0.6) is 0 Å². The Kier molecular flexibility index (Phi) is 7.74. The molecule has 1 aromatic heterocycles. The topological polar surface area (TPSA) is 72.5 Å². The van der Waals surface area contributed by atoms with E-state index in [-0.39, 0.29) is 24.4 Å². The molecule has 2 aromatic rings. The SMILES string of the molecule is O=C(COC(=O)CCC(=O)c1ccc(Cl)s1)NCCc1ccc(F)cc1. The molecule has 0 saturated heterocycles. The predicted molar refractivity (Wildman–Crippen MR) is 97.0 cm³/mol. The Hall–Kier alpha value is -2.25. The molecule has 2 rings (SSSR count). The van der Waals surface area contributed by atoms with Gasteiger partial charge in [-0.3, -0.25) is 14.4 Å². The van der Waals surface area contributed by atoms with Crippen molar-refractivity contribution in [2.75, 3.05) is 13.2 Å². The van der Waals surface area contributed by atoms with Crippen molar-refractivity contribution in [3.8, 4) is 0 Å². The van der Waals surface area contributed by atoms with Crippen molar-refractivity contribution < 1.29 is 23.5 Å². The van der Waals surface area contributed by atoms with Crippen LogP contribution in [-0.2, 0) is 20.7 Å². The number of halogens is 2. The van der Waals surface area contributed by atoms with Crippen LogP contribution < -0.4 is 5.32 Å². The van der Waals surface area contributed by atoms with Crippen LogP contribution in [0, 0.1) is 5.82 Å². The summed E-state index contributed by atoms with van der Waals surface area (Å²) in [5, 5.41) is 2.60. The maximum absolute atomic E-state index is 12.8. The Balaban J connectivity index is 1.60. The van der Waals surface area contributed by atoms with E-state index in [1.807, 2.05) is 0 Å². The van der Waals surface area contributed by atoms with Crippen LogP contribution in [0.3, 0.4) is 0 Å². The van der Waals surface area contributed by atoms with Crippen LogP contribution in [0.4, 0.5) is 4.39 Å². The van der Waals surface area contributed by atoms with E-state index in [0.717, 1.165) is 16.9 Å². The van der Waals surface area contributed by atoms with E-state index in [4.69, 9.17) is 16.3 Å². The number of esters is 1. The molecule has 1 N–H and O–H groups in total. The zero-order chi connectivity index (χ0) is 18.9. The predicted octanol–water partition coefficient (Wildman–Crippen LogP) is 3.41. The Morgan fingerprint density at radius 2 is 1.81 bits per heavy atom. The summed E-state index contributed by atoms with van der Waals surface area (Å²) in [5.74, 6) is -1.56. The zero-order valence-electron chi connectivity index (χ0n) is 13.8. The number of ketones is 1. The third kappa shape index (κ3) is 6.93. The number of amides is 1. The number of carbonyl (C=O) groups is 3. The van der Waals surface area contributed by atoms with E-state index in [1.54, 1.807) is 24.3 Å². The fraction of sp³-hybridized carbons (Fsp3) is 0.278. The largest absolute Gasteiger partial charge is 0.456 e. The number of rotatable bonds is 9. The summed E-state index contributed by atoms with van der Waals surface area (Å²) < 4.78 is 18.1. The lowest BCUT2D eigenvalue weighted by Gasteiger charge is -2.06. The van der Waals surface area contributed by atoms with Gasteiger partial charge >= 0.3 is 5.97 Å². The van der Waals surface area contributed by atoms with Crippen molar-refractivity contribution >= 4 is 40.6 Å². The molecule has 0 unspecified atom stereocenters. The fourth-order valence-electron chi connectivity index (χ4n) is 2.07. The molecule has 0 atom stereocenters. The first kappa shape index (κ1) is 20.1. The molecule has 5 nitrogen and oxygen atoms in total. The number of hydrogen-bond acceptors (Lipinski definition) is 5. The minimum Gasteiger partial charge on any atom is -0.456 e. The number of thiophene rings is 1. The van der Waals surface area contributed by atoms with Crippen molar-refractivity contribution in [3.63, 3.8) is 0 Å². The van der Waals surface area contributed by atoms with Crippen LogP contribution in [0.25, 0.3) is 0 Å². The molecule has 26 heavy (non-hydrogen) atoms. The number of hydrogen-bond donors (Lipinski definition) is 1. The number of Topliss-reactive ketones (excluding diaryl/α,β-unsaturated/α-hetero) is 1. The highest BCUT2D eigenvalue weighted by molar-refractivity contribution is 7.18. The maximum atomic E-state index is 12.8. The van der Waals surface area contributed by atoms with Crippen molar-refractivity contribution in [1.82, 2.24) is 5.32 Å². The van der Waals surface area contributed by atoms with Crippen LogP contribution in [0.15, 0.2) is 36.4 Å². The molecular formula is C18H17ClFNO4S. The highest BCUT2D eigenvalue weighted by Gasteiger charge is 2.13. The monoisotopic (exact) mass is 397 g/mol. The van der Waals surface area contributed by atoms with Gasteiger partial charge in [0.05, 0.1) is 15.6 Å². The van der Waals surface area contributed by atoms with E-state index in [1.165, 1.54) is 12.1 Å². The molecule has 138 valence electrons. The summed E-state index contributed by atoms with van der Waals surface area (Å²) >= 11 is 6.91. The van der Waals surface area contributed by atoms with Gasteiger partial charge in [0.15, 0.2) is 12.4 Å². The van der Waals surface area contributed by atoms with E-state index in [2.05, 4.69) is 5.32 Å². The molecule has 8 heteroatoms. The molecule has 0 aliphatic carbocycles. The minimum atomic E-state index is -0.616. The third-order valence-corrected chi connectivity index (χ3v) is 4.69. The first-order chi connectivity index (χ1) is 12.4. The van der Waals surface area contributed by atoms with Gasteiger partial charge in [0.2, 0.25) is 0 Å². The van der Waals surface area contributed by atoms with Gasteiger partial charge in [-0.2, -0.15) is 0 Å². The molecular weight excluding hydrogens is 381 g/mol. The summed E-state index contributed by atoms with van der Waals surface area (Å²) in [6.45, 7) is -0.0547. The van der Waals surface area contributed by atoms with E-state index in [0.29, 0.717) is 22.2 Å². The maximum Gasteiger partial charge on any atom is 0.306 e. The number of ether oxygens (including phenoxy) is 1. The second-order valence-corrected chi connectivity index (χ2v) is 7.13. The minimum absolute atomic E-state index is 0.00185. The molecule has 0 saturated carbocycles. The summed E-state index contributed by atoms with van der Waals surface area (Å²) in [6, 6.07) is 9.20. The molecule has 0 fully saturated rings. The van der Waals surface area contributed by atoms with Gasteiger partial charge in [0.1, 0.15) is 5.82 Å². The lowest BCUT2D eigenvalue weighted by molar-refractivity contribution is -0.148. The smallest absolute Gasteiger partial charge is 0.306 e. The Morgan fingerprint density at radius 1 is 1.08 bits per heavy atom. The molecule has 1 aromatic carbocycles. The van der Waals surface area contributed by atoms with Gasteiger partial charge in [-0.1, -0.05) is 23.7 Å². The van der Waals surface area contributed by atoms with E-state index < -0.39 is 18.5 Å². The Morgan fingerprint density at radius 3 is 2.46 bits per heavy atom. The second-order valence-electron chi connectivity index (χ2n) is 5.41. The van der Waals surface area contributed by atoms with Gasteiger partial charge in [0.25, 0.3) is 5.91 Å². The average Bonchev–Trinajstić information content (AvgIpc) is 3.06. The normalized spacial score (nSPS) is 10.4. The van der Waals surface area contributed by atoms with Crippen LogP contribution >= 0.6 is 22.9 Å². The zero-order valence-corrected chi connectivity index (χ0v) is 15.4. The highest BCUT2D eigenvalue weighted by Crippen LogP contribution is 2.22. The summed E-state index contributed by atoms with van der Waals surface area (Å²) in [6.07, 6.45) is 0.441. The number of nitrogens with one attached hydrogen (secondary N) is 1. The van der Waals surface area contributed by atoms with Gasteiger partial charge in [-0.15, -0.1) is 11.3 Å². The van der Waals surface area contributed by atoms with Gasteiger partial charge < -0.3 is 10.1 Å². The van der Waals surface area contributed by atoms with Crippen LogP contribution in [0.2, 0.25) is 4.34 Å². The first-order valence-corrected chi connectivity index (χ1v) is 9.09. The first-order valence-electron chi connectivity index (χ1n) is 7.89. The van der Waals surface area contributed by atoms with Crippen LogP contribution in [0.1, 0.15) is 28.1 Å². The summed E-state index contributed by atoms with van der Waals surface area (Å²) in [5.41, 5.74) is 0.885. The van der Waals surface area contributed by atoms with Gasteiger partial charge in [-0.05, 0) is 36.2 Å². The fourth-order valence-corrected chi connectivity index (χ4v) is 3.08. The Labute approximate surface area is 159 Å². The highest BCUT2D eigenvalue weighted by atomic mass is 35.5. The van der Waals surface area contributed by atoms with Crippen molar-refractivity contribution in [3.05, 3.63) is 57.0 Å². The standard InChI is InChI=1S/C18H17ClFNO4S/c19-16-7-6-15(26-16)14(22)5-8-18(24)25-11-17(23)21-10-9-12-1-3-13(20)4-2-12/h1-4,6-7H,5,8-11H2,(H,21,23). The quantitative estimate of drug-likeness (QED) is 0.520. The second kappa shape index (κ2) is 10.0. The Bertz CT molecular complexity index is 776. The lowest BCUT2D eigenvalue weighted by Crippen LogP contribution is -2.30. The number of carbonyl (C=O) groups excluding carboxylic acids is 3. The molecule has 0 aliphatic rings. The molecule has 1 heterocycles. The number of benzene rings is 1. The van der Waals surface area contributed by atoms with Crippen molar-refractivity contribution in [2.24, 2.45) is 0 Å². The van der Waals surface area contributed by atoms with Crippen molar-refractivity contribution in [2.45, 2.75) is 19.3 Å². The molecule has 0 aliphatic heterocycles. The van der Waals surface area contributed by atoms with E-state index in [9.17, 15) is 18.8 Å². The molecule has 0 bridgehead atoms. The van der Waals surface area contributed by atoms with Crippen LogP contribution in [-0.4, -0.2) is 30.8 Å². The summed E-state index contributed by atoms with van der Waals surface area (Å²) in [4.78, 5) is 35.6.